The smallest absolute Gasteiger partial charge is 0.191 e. The molecule has 0 spiro atoms. The van der Waals surface area contributed by atoms with Gasteiger partial charge >= 0.3 is 0 Å². The first-order valence-electron chi connectivity index (χ1n) is 7.03. The van der Waals surface area contributed by atoms with Gasteiger partial charge in [-0.1, -0.05) is 30.3 Å². The predicted molar refractivity (Wildman–Crippen MR) is 76.1 cm³/mol. The Balaban J connectivity index is 1.52. The molecule has 1 aliphatic heterocycles. The number of nitrogens with two attached hydrogens (primary N) is 1. The molecule has 1 aliphatic carbocycles. The molecule has 2 aliphatic rings. The first kappa shape index (κ1) is 12.5. The van der Waals surface area contributed by atoms with Crippen molar-refractivity contribution in [3.05, 3.63) is 35.9 Å². The molecule has 0 bridgehead atoms. The van der Waals surface area contributed by atoms with Crippen LogP contribution in [-0.4, -0.2) is 43.2 Å². The standard InChI is InChI=1S/C15H21N3O/c16-15(18-6-8-19-9-7-18)17-14-11-13(14)10-12-4-2-1-3-5-12/h1-5,13-14H,6-11H2,(H2,16,17). The highest BCUT2D eigenvalue weighted by Gasteiger charge is 2.37. The highest BCUT2D eigenvalue weighted by molar-refractivity contribution is 5.78. The summed E-state index contributed by atoms with van der Waals surface area (Å²) in [5.74, 6) is 1.37. The minimum absolute atomic E-state index is 0.419. The monoisotopic (exact) mass is 259 g/mol. The van der Waals surface area contributed by atoms with Gasteiger partial charge in [0.05, 0.1) is 19.3 Å². The van der Waals surface area contributed by atoms with Crippen LogP contribution in [0.4, 0.5) is 0 Å². The fraction of sp³-hybridized carbons (Fsp3) is 0.533. The summed E-state index contributed by atoms with van der Waals surface area (Å²) >= 11 is 0. The van der Waals surface area contributed by atoms with Crippen LogP contribution in [0.5, 0.6) is 0 Å². The fourth-order valence-corrected chi connectivity index (χ4v) is 2.57. The number of ether oxygens (including phenoxy) is 1. The second-order valence-corrected chi connectivity index (χ2v) is 5.34. The average Bonchev–Trinajstić information content (AvgIpc) is 3.18. The molecule has 0 aromatic heterocycles. The lowest BCUT2D eigenvalue weighted by atomic mass is 10.1. The zero-order chi connectivity index (χ0) is 13.1. The highest BCUT2D eigenvalue weighted by atomic mass is 16.5. The number of morpholine rings is 1. The van der Waals surface area contributed by atoms with E-state index in [9.17, 15) is 0 Å². The summed E-state index contributed by atoms with van der Waals surface area (Å²) in [4.78, 5) is 6.78. The van der Waals surface area contributed by atoms with E-state index in [0.29, 0.717) is 17.9 Å². The van der Waals surface area contributed by atoms with E-state index in [1.165, 1.54) is 12.0 Å². The SMILES string of the molecule is NC(=NC1CC1Cc1ccccc1)N1CCOCC1. The van der Waals surface area contributed by atoms with E-state index in [1.54, 1.807) is 0 Å². The van der Waals surface area contributed by atoms with Crippen LogP contribution >= 0.6 is 0 Å². The largest absolute Gasteiger partial charge is 0.378 e. The van der Waals surface area contributed by atoms with E-state index in [0.717, 1.165) is 32.7 Å². The molecule has 2 N–H and O–H groups in total. The third-order valence-electron chi connectivity index (χ3n) is 3.86. The zero-order valence-corrected chi connectivity index (χ0v) is 11.2. The Morgan fingerprint density at radius 1 is 1.26 bits per heavy atom. The molecule has 0 amide bonds. The molecule has 1 saturated heterocycles. The van der Waals surface area contributed by atoms with Crippen molar-refractivity contribution in [2.45, 2.75) is 18.9 Å². The average molecular weight is 259 g/mol. The van der Waals surface area contributed by atoms with E-state index < -0.39 is 0 Å². The van der Waals surface area contributed by atoms with Crippen LogP contribution in [0.1, 0.15) is 12.0 Å². The summed E-state index contributed by atoms with van der Waals surface area (Å²) in [6, 6.07) is 11.0. The lowest BCUT2D eigenvalue weighted by Crippen LogP contribution is -2.45. The lowest BCUT2D eigenvalue weighted by molar-refractivity contribution is 0.0674. The molecule has 3 rings (SSSR count). The van der Waals surface area contributed by atoms with Crippen LogP contribution in [0.3, 0.4) is 0 Å². The van der Waals surface area contributed by atoms with Crippen molar-refractivity contribution in [3.8, 4) is 0 Å². The van der Waals surface area contributed by atoms with Gasteiger partial charge < -0.3 is 15.4 Å². The second kappa shape index (κ2) is 5.61. The van der Waals surface area contributed by atoms with Crippen LogP contribution < -0.4 is 5.73 Å². The molecule has 19 heavy (non-hydrogen) atoms. The molecule has 1 aromatic carbocycles. The van der Waals surface area contributed by atoms with Gasteiger partial charge in [0.15, 0.2) is 5.96 Å². The Morgan fingerprint density at radius 2 is 2.00 bits per heavy atom. The van der Waals surface area contributed by atoms with Gasteiger partial charge in [-0.2, -0.15) is 0 Å². The molecule has 102 valence electrons. The van der Waals surface area contributed by atoms with Gasteiger partial charge in [0, 0.05) is 13.1 Å². The van der Waals surface area contributed by atoms with Crippen LogP contribution in [-0.2, 0) is 11.2 Å². The molecule has 1 saturated carbocycles. The van der Waals surface area contributed by atoms with Gasteiger partial charge in [0.25, 0.3) is 0 Å². The van der Waals surface area contributed by atoms with Crippen LogP contribution in [0, 0.1) is 5.92 Å². The van der Waals surface area contributed by atoms with Gasteiger partial charge in [-0.3, -0.25) is 0 Å². The molecule has 2 atom stereocenters. The van der Waals surface area contributed by atoms with Crippen LogP contribution in [0.25, 0.3) is 0 Å². The van der Waals surface area contributed by atoms with Crippen molar-refractivity contribution >= 4 is 5.96 Å². The van der Waals surface area contributed by atoms with Crippen molar-refractivity contribution < 1.29 is 4.74 Å². The van der Waals surface area contributed by atoms with Gasteiger partial charge in [-0.05, 0) is 24.3 Å². The Bertz CT molecular complexity index is 440. The van der Waals surface area contributed by atoms with E-state index in [4.69, 9.17) is 10.5 Å². The topological polar surface area (TPSA) is 50.8 Å². The maximum absolute atomic E-state index is 6.07. The summed E-state index contributed by atoms with van der Waals surface area (Å²) < 4.78 is 5.32. The van der Waals surface area contributed by atoms with Crippen molar-refractivity contribution in [1.82, 2.24) is 4.90 Å². The summed E-state index contributed by atoms with van der Waals surface area (Å²) in [6.07, 6.45) is 2.28. The van der Waals surface area contributed by atoms with Crippen molar-refractivity contribution in [2.24, 2.45) is 16.6 Å². The molecule has 2 fully saturated rings. The second-order valence-electron chi connectivity index (χ2n) is 5.34. The van der Waals surface area contributed by atoms with Gasteiger partial charge in [-0.25, -0.2) is 4.99 Å². The summed E-state index contributed by atoms with van der Waals surface area (Å²) in [6.45, 7) is 3.25. The third-order valence-corrected chi connectivity index (χ3v) is 3.86. The summed E-state index contributed by atoms with van der Waals surface area (Å²) in [5.41, 5.74) is 7.46. The molecular weight excluding hydrogens is 238 g/mol. The number of aliphatic imine (C=N–C) groups is 1. The molecule has 4 heteroatoms. The van der Waals surface area contributed by atoms with Gasteiger partial charge in [-0.15, -0.1) is 0 Å². The van der Waals surface area contributed by atoms with E-state index in [-0.39, 0.29) is 0 Å². The molecule has 1 heterocycles. The van der Waals surface area contributed by atoms with Gasteiger partial charge in [0.2, 0.25) is 0 Å². The summed E-state index contributed by atoms with van der Waals surface area (Å²) in [5, 5.41) is 0. The van der Waals surface area contributed by atoms with Crippen LogP contribution in [0.15, 0.2) is 35.3 Å². The van der Waals surface area contributed by atoms with E-state index in [1.807, 2.05) is 0 Å². The van der Waals surface area contributed by atoms with Crippen molar-refractivity contribution in [3.63, 3.8) is 0 Å². The Morgan fingerprint density at radius 3 is 2.74 bits per heavy atom. The fourth-order valence-electron chi connectivity index (χ4n) is 2.57. The van der Waals surface area contributed by atoms with Crippen molar-refractivity contribution in [2.75, 3.05) is 26.3 Å². The highest BCUT2D eigenvalue weighted by Crippen LogP contribution is 2.36. The molecule has 2 unspecified atom stereocenters. The third kappa shape index (κ3) is 3.26. The number of benzene rings is 1. The first-order chi connectivity index (χ1) is 9.33. The quantitative estimate of drug-likeness (QED) is 0.657. The number of guanidine groups is 1. The maximum Gasteiger partial charge on any atom is 0.191 e. The number of nitrogens with zero attached hydrogens (tertiary/aromatic N) is 2. The maximum atomic E-state index is 6.07. The normalized spacial score (nSPS) is 27.4. The summed E-state index contributed by atoms with van der Waals surface area (Å²) in [7, 11) is 0. The molecule has 1 aromatic rings. The lowest BCUT2D eigenvalue weighted by Gasteiger charge is -2.27. The Labute approximate surface area is 114 Å². The molecular formula is C15H21N3O. The Hall–Kier alpha value is -1.55. The van der Waals surface area contributed by atoms with Gasteiger partial charge in [0.1, 0.15) is 0 Å². The predicted octanol–water partition coefficient (Wildman–Crippen LogP) is 1.26. The Kier molecular flexibility index (Phi) is 3.69. The van der Waals surface area contributed by atoms with E-state index >= 15 is 0 Å². The van der Waals surface area contributed by atoms with E-state index in [2.05, 4.69) is 40.2 Å². The number of hydrogen-bond acceptors (Lipinski definition) is 2. The first-order valence-corrected chi connectivity index (χ1v) is 7.03. The molecule has 0 radical (unpaired) electrons. The zero-order valence-electron chi connectivity index (χ0n) is 11.2. The van der Waals surface area contributed by atoms with Crippen LogP contribution in [0.2, 0.25) is 0 Å². The minimum Gasteiger partial charge on any atom is -0.378 e. The molecule has 4 nitrogen and oxygen atoms in total. The number of hydrogen-bond donors (Lipinski definition) is 1. The van der Waals surface area contributed by atoms with Crippen molar-refractivity contribution in [1.29, 1.82) is 0 Å². The number of rotatable bonds is 3. The minimum atomic E-state index is 0.419.